The van der Waals surface area contributed by atoms with Crippen molar-refractivity contribution in [1.29, 1.82) is 0 Å². The molecule has 146 valence electrons. The number of aryl methyl sites for hydroxylation is 1. The van der Waals surface area contributed by atoms with Crippen LogP contribution in [-0.2, 0) is 12.8 Å². The molecule has 2 unspecified atom stereocenters. The van der Waals surface area contributed by atoms with Gasteiger partial charge in [0.2, 0.25) is 0 Å². The van der Waals surface area contributed by atoms with Crippen molar-refractivity contribution in [1.82, 2.24) is 20.4 Å². The lowest BCUT2D eigenvalue weighted by Crippen LogP contribution is -2.50. The first-order chi connectivity index (χ1) is 12.6. The van der Waals surface area contributed by atoms with Crippen molar-refractivity contribution in [2.45, 2.75) is 52.0 Å². The van der Waals surface area contributed by atoms with Crippen LogP contribution in [0.5, 0.6) is 0 Å². The van der Waals surface area contributed by atoms with Crippen LogP contribution in [0, 0.1) is 12.8 Å². The lowest BCUT2D eigenvalue weighted by Gasteiger charge is -2.30. The molecule has 0 spiro atoms. The third-order valence-electron chi connectivity index (χ3n) is 5.82. The van der Waals surface area contributed by atoms with E-state index < -0.39 is 0 Å². The number of hydrogen-bond donors (Lipinski definition) is 2. The third kappa shape index (κ3) is 4.04. The number of carbonyl (C=O) groups is 1. The maximum atomic E-state index is 13.0. The number of hydrogen-bond acceptors (Lipinski definition) is 3. The minimum atomic E-state index is -0.0189. The summed E-state index contributed by atoms with van der Waals surface area (Å²) in [5.41, 5.74) is 5.25. The maximum absolute atomic E-state index is 13.0. The predicted octanol–water partition coefficient (Wildman–Crippen LogP) is 3.21. The minimum absolute atomic E-state index is 0. The van der Waals surface area contributed by atoms with Crippen LogP contribution in [0.2, 0.25) is 0 Å². The van der Waals surface area contributed by atoms with E-state index in [0.717, 1.165) is 56.4 Å². The summed E-state index contributed by atoms with van der Waals surface area (Å²) in [4.78, 5) is 13.0. The quantitative estimate of drug-likeness (QED) is 0.848. The number of fused-ring (bicyclic) bond motifs is 1. The molecule has 1 saturated heterocycles. The molecule has 1 fully saturated rings. The monoisotopic (exact) mass is 388 g/mol. The standard InChI is InChI=1S/C21H28N4O.ClH/c1-14-7-9-16(10-8-14)25-19-6-4-3-5-17(19)20(24-25)21(26)23-18-13-22-12-11-15(18)2;/h7-10,15,18,22H,3-6,11-13H2,1-2H3,(H,23,26);1H. The largest absolute Gasteiger partial charge is 0.346 e. The van der Waals surface area contributed by atoms with Crippen LogP contribution in [0.15, 0.2) is 24.3 Å². The second kappa shape index (κ2) is 8.44. The van der Waals surface area contributed by atoms with Crippen LogP contribution in [0.25, 0.3) is 5.69 Å². The second-order valence-electron chi connectivity index (χ2n) is 7.78. The van der Waals surface area contributed by atoms with Gasteiger partial charge in [0.15, 0.2) is 5.69 Å². The first-order valence-electron chi connectivity index (χ1n) is 9.83. The van der Waals surface area contributed by atoms with Gasteiger partial charge in [-0.3, -0.25) is 4.79 Å². The Balaban J connectivity index is 0.00000210. The minimum Gasteiger partial charge on any atom is -0.346 e. The van der Waals surface area contributed by atoms with E-state index in [9.17, 15) is 4.79 Å². The SMILES string of the molecule is Cc1ccc(-n2nc(C(=O)NC3CNCCC3C)c3c2CCCC3)cc1.Cl. The molecule has 4 rings (SSSR count). The molecule has 1 aliphatic heterocycles. The van der Waals surface area contributed by atoms with Gasteiger partial charge < -0.3 is 10.6 Å². The van der Waals surface area contributed by atoms with Crippen LogP contribution in [0.1, 0.15) is 53.5 Å². The number of aromatic nitrogens is 2. The number of halogens is 1. The molecule has 1 aliphatic carbocycles. The number of amides is 1. The van der Waals surface area contributed by atoms with E-state index in [1.54, 1.807) is 0 Å². The number of nitrogens with zero attached hydrogens (tertiary/aromatic N) is 2. The molecule has 1 amide bonds. The van der Waals surface area contributed by atoms with Crippen molar-refractivity contribution in [3.05, 3.63) is 46.8 Å². The molecular formula is C21H29ClN4O. The number of rotatable bonds is 3. The summed E-state index contributed by atoms with van der Waals surface area (Å²) in [5.74, 6) is 0.477. The third-order valence-corrected chi connectivity index (χ3v) is 5.82. The van der Waals surface area contributed by atoms with Crippen molar-refractivity contribution in [2.24, 2.45) is 5.92 Å². The van der Waals surface area contributed by atoms with Gasteiger partial charge in [-0.25, -0.2) is 4.68 Å². The zero-order valence-electron chi connectivity index (χ0n) is 16.1. The van der Waals surface area contributed by atoms with Crippen molar-refractivity contribution in [2.75, 3.05) is 13.1 Å². The van der Waals surface area contributed by atoms with Crippen LogP contribution in [0.3, 0.4) is 0 Å². The van der Waals surface area contributed by atoms with E-state index in [-0.39, 0.29) is 24.4 Å². The summed E-state index contributed by atoms with van der Waals surface area (Å²) in [6, 6.07) is 8.56. The molecule has 0 bridgehead atoms. The van der Waals surface area contributed by atoms with E-state index in [4.69, 9.17) is 5.10 Å². The highest BCUT2D eigenvalue weighted by Gasteiger charge is 2.29. The zero-order valence-corrected chi connectivity index (χ0v) is 16.9. The van der Waals surface area contributed by atoms with Gasteiger partial charge in [0.1, 0.15) is 0 Å². The second-order valence-corrected chi connectivity index (χ2v) is 7.78. The Bertz CT molecular complexity index is 799. The molecule has 1 aromatic carbocycles. The maximum Gasteiger partial charge on any atom is 0.272 e. The Hall–Kier alpha value is -1.85. The Labute approximate surface area is 167 Å². The van der Waals surface area contributed by atoms with Crippen molar-refractivity contribution in [3.63, 3.8) is 0 Å². The topological polar surface area (TPSA) is 59.0 Å². The number of benzene rings is 1. The molecule has 0 radical (unpaired) electrons. The molecule has 2 N–H and O–H groups in total. The first-order valence-corrected chi connectivity index (χ1v) is 9.83. The van der Waals surface area contributed by atoms with Crippen molar-refractivity contribution in [3.8, 4) is 5.69 Å². The van der Waals surface area contributed by atoms with Gasteiger partial charge >= 0.3 is 0 Å². The van der Waals surface area contributed by atoms with E-state index in [0.29, 0.717) is 11.6 Å². The fraction of sp³-hybridized carbons (Fsp3) is 0.524. The van der Waals surface area contributed by atoms with Gasteiger partial charge in [0.05, 0.1) is 5.69 Å². The van der Waals surface area contributed by atoms with Gasteiger partial charge in [-0.05, 0) is 63.6 Å². The summed E-state index contributed by atoms with van der Waals surface area (Å²) in [7, 11) is 0. The fourth-order valence-corrected chi connectivity index (χ4v) is 4.10. The Kier molecular flexibility index (Phi) is 6.22. The first kappa shape index (κ1) is 19.9. The predicted molar refractivity (Wildman–Crippen MR) is 110 cm³/mol. The smallest absolute Gasteiger partial charge is 0.272 e. The molecule has 2 heterocycles. The van der Waals surface area contributed by atoms with E-state index in [2.05, 4.69) is 48.7 Å². The van der Waals surface area contributed by atoms with E-state index >= 15 is 0 Å². The zero-order chi connectivity index (χ0) is 18.1. The van der Waals surface area contributed by atoms with Crippen molar-refractivity contribution < 1.29 is 4.79 Å². The van der Waals surface area contributed by atoms with Gasteiger partial charge in [-0.15, -0.1) is 12.4 Å². The molecule has 1 aromatic heterocycles. The molecule has 0 saturated carbocycles. The molecule has 2 aliphatic rings. The molecule has 27 heavy (non-hydrogen) atoms. The van der Waals surface area contributed by atoms with Crippen LogP contribution in [0.4, 0.5) is 0 Å². The molecule has 2 atom stereocenters. The number of nitrogens with one attached hydrogen (secondary N) is 2. The Morgan fingerprint density at radius 2 is 1.96 bits per heavy atom. The van der Waals surface area contributed by atoms with Crippen LogP contribution in [-0.4, -0.2) is 34.8 Å². The Morgan fingerprint density at radius 3 is 2.70 bits per heavy atom. The molecule has 5 nitrogen and oxygen atoms in total. The normalized spacial score (nSPS) is 21.9. The average Bonchev–Trinajstić information content (AvgIpc) is 3.04. The highest BCUT2D eigenvalue weighted by atomic mass is 35.5. The lowest BCUT2D eigenvalue weighted by molar-refractivity contribution is 0.0908. The summed E-state index contributed by atoms with van der Waals surface area (Å²) >= 11 is 0. The number of carbonyl (C=O) groups excluding carboxylic acids is 1. The summed E-state index contributed by atoms with van der Waals surface area (Å²) in [6.45, 7) is 6.17. The van der Waals surface area contributed by atoms with Gasteiger partial charge in [-0.1, -0.05) is 24.6 Å². The van der Waals surface area contributed by atoms with E-state index in [1.807, 2.05) is 4.68 Å². The summed E-state index contributed by atoms with van der Waals surface area (Å²) in [6.07, 6.45) is 5.33. The molecular weight excluding hydrogens is 360 g/mol. The van der Waals surface area contributed by atoms with E-state index in [1.165, 1.54) is 11.3 Å². The highest BCUT2D eigenvalue weighted by molar-refractivity contribution is 5.94. The fourth-order valence-electron chi connectivity index (χ4n) is 4.10. The summed E-state index contributed by atoms with van der Waals surface area (Å²) in [5, 5.41) is 11.4. The van der Waals surface area contributed by atoms with Gasteiger partial charge in [0.25, 0.3) is 5.91 Å². The van der Waals surface area contributed by atoms with Crippen LogP contribution < -0.4 is 10.6 Å². The van der Waals surface area contributed by atoms with Crippen molar-refractivity contribution >= 4 is 18.3 Å². The lowest BCUT2D eigenvalue weighted by atomic mass is 9.93. The van der Waals surface area contributed by atoms with Gasteiger partial charge in [0, 0.05) is 23.8 Å². The summed E-state index contributed by atoms with van der Waals surface area (Å²) < 4.78 is 1.99. The Morgan fingerprint density at radius 1 is 1.22 bits per heavy atom. The average molecular weight is 389 g/mol. The van der Waals surface area contributed by atoms with Crippen LogP contribution >= 0.6 is 12.4 Å². The van der Waals surface area contributed by atoms with Gasteiger partial charge in [-0.2, -0.15) is 5.10 Å². The number of piperidine rings is 1. The molecule has 6 heteroatoms. The molecule has 2 aromatic rings. The highest BCUT2D eigenvalue weighted by Crippen LogP contribution is 2.27.